The van der Waals surface area contributed by atoms with Crippen molar-refractivity contribution in [3.05, 3.63) is 29.3 Å². The Morgan fingerprint density at radius 3 is 2.63 bits per heavy atom. The number of nitrogens with two attached hydrogens (primary N) is 1. The lowest BCUT2D eigenvalue weighted by atomic mass is 10.0. The molecule has 1 amide bonds. The highest BCUT2D eigenvalue weighted by molar-refractivity contribution is 6.00. The predicted octanol–water partition coefficient (Wildman–Crippen LogP) is 1.26. The summed E-state index contributed by atoms with van der Waals surface area (Å²) in [4.78, 5) is 12.1. The molecule has 0 aliphatic carbocycles. The molecule has 0 spiro atoms. The van der Waals surface area contributed by atoms with E-state index in [0.29, 0.717) is 11.3 Å². The molecule has 104 valence electrons. The zero-order valence-corrected chi connectivity index (χ0v) is 11.5. The normalized spacial score (nSPS) is 12.1. The molecule has 19 heavy (non-hydrogen) atoms. The molecule has 0 aromatic heterocycles. The van der Waals surface area contributed by atoms with E-state index in [1.807, 2.05) is 6.92 Å². The quantitative estimate of drug-likeness (QED) is 0.330. The molecular formula is C13H19N3O3. The summed E-state index contributed by atoms with van der Waals surface area (Å²) < 4.78 is 5.17. The fourth-order valence-electron chi connectivity index (χ4n) is 1.51. The third kappa shape index (κ3) is 3.37. The Labute approximate surface area is 112 Å². The number of oxime groups is 1. The number of hydrogen-bond donors (Lipinski definition) is 3. The van der Waals surface area contributed by atoms with Crippen LogP contribution in [-0.4, -0.2) is 29.6 Å². The van der Waals surface area contributed by atoms with Crippen molar-refractivity contribution in [1.29, 1.82) is 0 Å². The molecule has 6 heteroatoms. The van der Waals surface area contributed by atoms with E-state index >= 15 is 0 Å². The Morgan fingerprint density at radius 2 is 2.11 bits per heavy atom. The molecule has 1 aromatic carbocycles. The van der Waals surface area contributed by atoms with Crippen LogP contribution in [0.5, 0.6) is 5.75 Å². The average molecular weight is 265 g/mol. The predicted molar refractivity (Wildman–Crippen MR) is 72.7 cm³/mol. The van der Waals surface area contributed by atoms with Crippen molar-refractivity contribution in [2.45, 2.75) is 26.3 Å². The van der Waals surface area contributed by atoms with Gasteiger partial charge in [0.15, 0.2) is 5.84 Å². The number of nitrogens with zero attached hydrogens (tertiary/aromatic N) is 1. The number of amides is 1. The molecule has 0 saturated carbocycles. The van der Waals surface area contributed by atoms with E-state index in [1.54, 1.807) is 39.2 Å². The lowest BCUT2D eigenvalue weighted by Gasteiger charge is -2.24. The molecule has 0 bridgehead atoms. The first-order valence-electron chi connectivity index (χ1n) is 5.77. The van der Waals surface area contributed by atoms with E-state index in [9.17, 15) is 4.79 Å². The third-order valence-electron chi connectivity index (χ3n) is 2.84. The maximum atomic E-state index is 12.1. The maximum Gasteiger partial charge on any atom is 0.252 e. The van der Waals surface area contributed by atoms with Crippen molar-refractivity contribution in [2.75, 3.05) is 7.11 Å². The number of amidine groups is 1. The van der Waals surface area contributed by atoms with Gasteiger partial charge in [0.2, 0.25) is 0 Å². The van der Waals surface area contributed by atoms with Crippen LogP contribution in [0.1, 0.15) is 29.8 Å². The molecule has 1 rings (SSSR count). The van der Waals surface area contributed by atoms with Crippen LogP contribution in [-0.2, 0) is 0 Å². The number of nitrogens with one attached hydrogen (secondary N) is 1. The fraction of sp³-hybridized carbons (Fsp3) is 0.385. The molecule has 0 heterocycles. The number of carbonyl (C=O) groups excluding carboxylic acids is 1. The summed E-state index contributed by atoms with van der Waals surface area (Å²) in [5, 5.41) is 14.3. The van der Waals surface area contributed by atoms with Crippen molar-refractivity contribution in [3.8, 4) is 5.75 Å². The number of aryl methyl sites for hydroxylation is 1. The highest BCUT2D eigenvalue weighted by Crippen LogP contribution is 2.19. The highest BCUT2D eigenvalue weighted by atomic mass is 16.5. The van der Waals surface area contributed by atoms with Crippen molar-refractivity contribution >= 4 is 11.7 Å². The van der Waals surface area contributed by atoms with Gasteiger partial charge in [-0.05, 0) is 38.5 Å². The van der Waals surface area contributed by atoms with Gasteiger partial charge in [0.25, 0.3) is 5.91 Å². The molecule has 0 fully saturated rings. The van der Waals surface area contributed by atoms with Crippen LogP contribution < -0.4 is 15.8 Å². The highest BCUT2D eigenvalue weighted by Gasteiger charge is 2.26. The van der Waals surface area contributed by atoms with Crippen LogP contribution in [0.2, 0.25) is 0 Å². The first-order chi connectivity index (χ1) is 8.81. The zero-order valence-electron chi connectivity index (χ0n) is 11.5. The Morgan fingerprint density at radius 1 is 1.47 bits per heavy atom. The van der Waals surface area contributed by atoms with Gasteiger partial charge in [-0.1, -0.05) is 11.2 Å². The fourth-order valence-corrected chi connectivity index (χ4v) is 1.51. The lowest BCUT2D eigenvalue weighted by Crippen LogP contribution is -2.53. The van der Waals surface area contributed by atoms with E-state index in [1.165, 1.54) is 0 Å². The number of hydrogen-bond acceptors (Lipinski definition) is 4. The lowest BCUT2D eigenvalue weighted by molar-refractivity contribution is 0.0930. The summed E-state index contributed by atoms with van der Waals surface area (Å²) in [6, 6.07) is 5.13. The van der Waals surface area contributed by atoms with E-state index in [0.717, 1.165) is 5.56 Å². The summed E-state index contributed by atoms with van der Waals surface area (Å²) >= 11 is 0. The van der Waals surface area contributed by atoms with Gasteiger partial charge in [-0.25, -0.2) is 0 Å². The van der Waals surface area contributed by atoms with Gasteiger partial charge in [0.1, 0.15) is 5.75 Å². The van der Waals surface area contributed by atoms with Crippen LogP contribution in [0.4, 0.5) is 0 Å². The number of rotatable bonds is 4. The second kappa shape index (κ2) is 5.60. The van der Waals surface area contributed by atoms with Gasteiger partial charge < -0.3 is 21.0 Å². The summed E-state index contributed by atoms with van der Waals surface area (Å²) in [6.07, 6.45) is 0. The molecule has 0 aliphatic rings. The van der Waals surface area contributed by atoms with Crippen LogP contribution in [0, 0.1) is 6.92 Å². The monoisotopic (exact) mass is 265 g/mol. The van der Waals surface area contributed by atoms with Gasteiger partial charge in [0.05, 0.1) is 12.6 Å². The Kier molecular flexibility index (Phi) is 4.37. The number of methoxy groups -OCH3 is 1. The Bertz CT molecular complexity index is 510. The molecule has 0 saturated heterocycles. The summed E-state index contributed by atoms with van der Waals surface area (Å²) in [5.41, 5.74) is 5.96. The first-order valence-corrected chi connectivity index (χ1v) is 5.77. The molecular weight excluding hydrogens is 246 g/mol. The molecule has 1 aromatic rings. The largest absolute Gasteiger partial charge is 0.496 e. The van der Waals surface area contributed by atoms with Crippen LogP contribution in [0.3, 0.4) is 0 Å². The third-order valence-corrected chi connectivity index (χ3v) is 2.84. The number of ether oxygens (including phenoxy) is 1. The van der Waals surface area contributed by atoms with Crippen LogP contribution in [0.25, 0.3) is 0 Å². The second-order valence-electron chi connectivity index (χ2n) is 4.75. The van der Waals surface area contributed by atoms with Crippen molar-refractivity contribution < 1.29 is 14.7 Å². The summed E-state index contributed by atoms with van der Waals surface area (Å²) in [6.45, 7) is 5.18. The van der Waals surface area contributed by atoms with Gasteiger partial charge in [-0.2, -0.15) is 0 Å². The molecule has 6 nitrogen and oxygen atoms in total. The first kappa shape index (κ1) is 14.8. The van der Waals surface area contributed by atoms with Crippen LogP contribution >= 0.6 is 0 Å². The number of carbonyl (C=O) groups is 1. The Hall–Kier alpha value is -2.24. The van der Waals surface area contributed by atoms with E-state index < -0.39 is 5.54 Å². The van der Waals surface area contributed by atoms with Gasteiger partial charge in [0, 0.05) is 5.56 Å². The molecule has 4 N–H and O–H groups in total. The zero-order chi connectivity index (χ0) is 14.6. The van der Waals surface area contributed by atoms with E-state index in [2.05, 4.69) is 10.5 Å². The minimum absolute atomic E-state index is 0.0695. The van der Waals surface area contributed by atoms with Crippen molar-refractivity contribution in [3.63, 3.8) is 0 Å². The minimum Gasteiger partial charge on any atom is -0.496 e. The second-order valence-corrected chi connectivity index (χ2v) is 4.75. The van der Waals surface area contributed by atoms with Crippen molar-refractivity contribution in [1.82, 2.24) is 5.32 Å². The SMILES string of the molecule is COc1cc(C(=O)NC(C)(C)/C(N)=N/O)ccc1C. The minimum atomic E-state index is -0.941. The summed E-state index contributed by atoms with van der Waals surface area (Å²) in [5.74, 6) is 0.240. The van der Waals surface area contributed by atoms with E-state index in [-0.39, 0.29) is 11.7 Å². The van der Waals surface area contributed by atoms with Gasteiger partial charge in [-0.3, -0.25) is 4.79 Å². The smallest absolute Gasteiger partial charge is 0.252 e. The van der Waals surface area contributed by atoms with Gasteiger partial charge in [-0.15, -0.1) is 0 Å². The molecule has 0 atom stereocenters. The van der Waals surface area contributed by atoms with Gasteiger partial charge >= 0.3 is 0 Å². The summed E-state index contributed by atoms with van der Waals surface area (Å²) in [7, 11) is 1.55. The van der Waals surface area contributed by atoms with Crippen LogP contribution in [0.15, 0.2) is 23.4 Å². The van der Waals surface area contributed by atoms with E-state index in [4.69, 9.17) is 15.7 Å². The standard InChI is InChI=1S/C13H19N3O3/c1-8-5-6-9(7-10(8)19-4)11(17)15-13(2,3)12(14)16-18/h5-7,18H,1-4H3,(H2,14,16)(H,15,17). The van der Waals surface area contributed by atoms with Crippen molar-refractivity contribution in [2.24, 2.45) is 10.9 Å². The Balaban J connectivity index is 2.96. The number of benzene rings is 1. The maximum absolute atomic E-state index is 12.1. The average Bonchev–Trinajstić information content (AvgIpc) is 2.37. The molecule has 0 aliphatic heterocycles. The molecule has 0 radical (unpaired) electrons. The molecule has 0 unspecified atom stereocenters. The topological polar surface area (TPSA) is 96.9 Å².